The summed E-state index contributed by atoms with van der Waals surface area (Å²) in [5, 5.41) is 7.00. The van der Waals surface area contributed by atoms with E-state index in [0.717, 1.165) is 5.69 Å². The van der Waals surface area contributed by atoms with E-state index in [4.69, 9.17) is 5.73 Å². The highest BCUT2D eigenvalue weighted by Crippen LogP contribution is 2.27. The van der Waals surface area contributed by atoms with Crippen LogP contribution in [0.2, 0.25) is 0 Å². The van der Waals surface area contributed by atoms with Crippen molar-refractivity contribution in [3.05, 3.63) is 11.8 Å². The lowest BCUT2D eigenvalue weighted by atomic mass is 10.3. The zero-order valence-corrected chi connectivity index (χ0v) is 11.6. The van der Waals surface area contributed by atoms with E-state index in [9.17, 15) is 13.2 Å². The minimum atomic E-state index is -2.98. The Balaban J connectivity index is 2.19. The lowest BCUT2D eigenvalue weighted by Crippen LogP contribution is -2.21. The minimum Gasteiger partial charge on any atom is -0.330 e. The lowest BCUT2D eigenvalue weighted by Gasteiger charge is -2.13. The number of hydrogen-bond acceptors (Lipinski definition) is 5. The van der Waals surface area contributed by atoms with Crippen LogP contribution in [0.1, 0.15) is 24.6 Å². The Kier molecular flexibility index (Phi) is 3.91. The minimum absolute atomic E-state index is 0.0773. The van der Waals surface area contributed by atoms with Crippen molar-refractivity contribution in [1.29, 1.82) is 0 Å². The highest BCUT2D eigenvalue weighted by molar-refractivity contribution is 7.91. The molecular weight excluding hydrogens is 268 g/mol. The van der Waals surface area contributed by atoms with Gasteiger partial charge < -0.3 is 11.1 Å². The van der Waals surface area contributed by atoms with Gasteiger partial charge in [0.15, 0.2) is 9.84 Å². The fourth-order valence-corrected chi connectivity index (χ4v) is 3.89. The Morgan fingerprint density at radius 1 is 1.63 bits per heavy atom. The van der Waals surface area contributed by atoms with Crippen molar-refractivity contribution in [3.8, 4) is 0 Å². The molecule has 106 valence electrons. The van der Waals surface area contributed by atoms with Crippen LogP contribution in [-0.2, 0) is 14.6 Å². The van der Waals surface area contributed by atoms with Gasteiger partial charge in [-0.3, -0.25) is 4.79 Å². The fraction of sp³-hybridized carbons (Fsp3) is 0.636. The smallest absolute Gasteiger partial charge is 0.226 e. The average molecular weight is 286 g/mol. The van der Waals surface area contributed by atoms with Gasteiger partial charge in [0.05, 0.1) is 23.2 Å². The number of sulfone groups is 1. The Morgan fingerprint density at radius 3 is 2.95 bits per heavy atom. The maximum absolute atomic E-state index is 11.6. The molecule has 1 aliphatic rings. The first kappa shape index (κ1) is 14.0. The number of aryl methyl sites for hydroxylation is 1. The largest absolute Gasteiger partial charge is 0.330 e. The number of rotatable bonds is 4. The predicted molar refractivity (Wildman–Crippen MR) is 71.6 cm³/mol. The summed E-state index contributed by atoms with van der Waals surface area (Å²) < 4.78 is 24.6. The molecule has 0 spiro atoms. The molecule has 2 heterocycles. The Hall–Kier alpha value is -1.41. The number of carbonyl (C=O) groups excluding carboxylic acids is 1. The van der Waals surface area contributed by atoms with Gasteiger partial charge in [-0.15, -0.1) is 0 Å². The fourth-order valence-electron chi connectivity index (χ4n) is 2.19. The molecular formula is C11H18N4O3S. The molecule has 1 atom stereocenters. The van der Waals surface area contributed by atoms with Gasteiger partial charge in [0.1, 0.15) is 5.82 Å². The van der Waals surface area contributed by atoms with E-state index >= 15 is 0 Å². The monoisotopic (exact) mass is 286 g/mol. The van der Waals surface area contributed by atoms with Crippen molar-refractivity contribution in [2.75, 3.05) is 23.4 Å². The summed E-state index contributed by atoms with van der Waals surface area (Å²) in [7, 11) is -2.98. The highest BCUT2D eigenvalue weighted by Gasteiger charge is 2.31. The van der Waals surface area contributed by atoms with Crippen LogP contribution in [0.5, 0.6) is 0 Å². The van der Waals surface area contributed by atoms with Gasteiger partial charge >= 0.3 is 0 Å². The lowest BCUT2D eigenvalue weighted by molar-refractivity contribution is -0.116. The molecule has 0 aromatic carbocycles. The number of amides is 1. The molecule has 1 aromatic heterocycles. The normalized spacial score (nSPS) is 21.5. The first-order valence-corrected chi connectivity index (χ1v) is 8.00. The molecule has 0 bridgehead atoms. The Morgan fingerprint density at radius 2 is 2.37 bits per heavy atom. The predicted octanol–water partition coefficient (Wildman–Crippen LogP) is -0.162. The molecule has 1 fully saturated rings. The number of hydrogen-bond donors (Lipinski definition) is 2. The van der Waals surface area contributed by atoms with Gasteiger partial charge in [-0.2, -0.15) is 5.10 Å². The summed E-state index contributed by atoms with van der Waals surface area (Å²) in [5.41, 5.74) is 6.06. The number of aromatic nitrogens is 2. The highest BCUT2D eigenvalue weighted by atomic mass is 32.2. The van der Waals surface area contributed by atoms with Gasteiger partial charge in [0.25, 0.3) is 0 Å². The standard InChI is InChI=1S/C11H18N4O3S/c1-8-6-10(13-11(16)2-4-12)15(14-8)9-3-5-19(17,18)7-9/h6,9H,2-5,7,12H2,1H3,(H,13,16)/t9-/m1/s1. The van der Waals surface area contributed by atoms with Crippen molar-refractivity contribution in [2.45, 2.75) is 25.8 Å². The molecule has 1 aromatic rings. The van der Waals surface area contributed by atoms with Crippen LogP contribution in [0.4, 0.5) is 5.82 Å². The van der Waals surface area contributed by atoms with Crippen LogP contribution in [0.3, 0.4) is 0 Å². The molecule has 0 radical (unpaired) electrons. The summed E-state index contributed by atoms with van der Waals surface area (Å²) >= 11 is 0. The molecule has 1 aliphatic heterocycles. The molecule has 0 aliphatic carbocycles. The molecule has 19 heavy (non-hydrogen) atoms. The van der Waals surface area contributed by atoms with Crippen molar-refractivity contribution in [3.63, 3.8) is 0 Å². The van der Waals surface area contributed by atoms with Gasteiger partial charge in [-0.1, -0.05) is 0 Å². The molecule has 1 saturated heterocycles. The van der Waals surface area contributed by atoms with Crippen molar-refractivity contribution >= 4 is 21.6 Å². The average Bonchev–Trinajstić information content (AvgIpc) is 2.82. The van der Waals surface area contributed by atoms with E-state index in [2.05, 4.69) is 10.4 Å². The second kappa shape index (κ2) is 5.30. The molecule has 0 saturated carbocycles. The SMILES string of the molecule is Cc1cc(NC(=O)CCN)n([C@@H]2CCS(=O)(=O)C2)n1. The van der Waals surface area contributed by atoms with Crippen LogP contribution in [0.25, 0.3) is 0 Å². The Bertz CT molecular complexity index is 579. The van der Waals surface area contributed by atoms with Crippen molar-refractivity contribution in [2.24, 2.45) is 5.73 Å². The summed E-state index contributed by atoms with van der Waals surface area (Å²) in [6.07, 6.45) is 0.760. The van der Waals surface area contributed by atoms with Gasteiger partial charge in [0, 0.05) is 19.0 Å². The second-order valence-corrected chi connectivity index (χ2v) is 6.99. The van der Waals surface area contributed by atoms with E-state index in [-0.39, 0.29) is 36.4 Å². The number of carbonyl (C=O) groups is 1. The first-order chi connectivity index (χ1) is 8.91. The first-order valence-electron chi connectivity index (χ1n) is 6.18. The number of anilines is 1. The van der Waals surface area contributed by atoms with Crippen LogP contribution in [0.15, 0.2) is 6.07 Å². The number of nitrogens with two attached hydrogens (primary N) is 1. The number of nitrogens with zero attached hydrogens (tertiary/aromatic N) is 2. The van der Waals surface area contributed by atoms with Crippen LogP contribution in [0, 0.1) is 6.92 Å². The zero-order chi connectivity index (χ0) is 14.0. The number of nitrogens with one attached hydrogen (secondary N) is 1. The third-order valence-electron chi connectivity index (χ3n) is 3.05. The van der Waals surface area contributed by atoms with E-state index in [1.54, 1.807) is 17.7 Å². The van der Waals surface area contributed by atoms with Crippen LogP contribution < -0.4 is 11.1 Å². The molecule has 3 N–H and O–H groups in total. The Labute approximate surface area is 112 Å². The van der Waals surface area contributed by atoms with Crippen molar-refractivity contribution in [1.82, 2.24) is 9.78 Å². The van der Waals surface area contributed by atoms with Crippen molar-refractivity contribution < 1.29 is 13.2 Å². The second-order valence-electron chi connectivity index (χ2n) is 4.76. The molecule has 8 heteroatoms. The molecule has 0 unspecified atom stereocenters. The van der Waals surface area contributed by atoms with Gasteiger partial charge in [-0.05, 0) is 13.3 Å². The van der Waals surface area contributed by atoms with E-state index in [1.165, 1.54) is 0 Å². The maximum atomic E-state index is 11.6. The maximum Gasteiger partial charge on any atom is 0.226 e. The topological polar surface area (TPSA) is 107 Å². The molecule has 7 nitrogen and oxygen atoms in total. The molecule has 2 rings (SSSR count). The summed E-state index contributed by atoms with van der Waals surface area (Å²) in [6.45, 7) is 2.08. The zero-order valence-electron chi connectivity index (χ0n) is 10.8. The summed E-state index contributed by atoms with van der Waals surface area (Å²) in [4.78, 5) is 11.6. The van der Waals surface area contributed by atoms with Crippen LogP contribution >= 0.6 is 0 Å². The third-order valence-corrected chi connectivity index (χ3v) is 4.80. The molecule has 1 amide bonds. The van der Waals surface area contributed by atoms with E-state index < -0.39 is 9.84 Å². The van der Waals surface area contributed by atoms with Crippen LogP contribution in [-0.4, -0.2) is 42.2 Å². The van der Waals surface area contributed by atoms with E-state index in [0.29, 0.717) is 12.2 Å². The summed E-state index contributed by atoms with van der Waals surface area (Å²) in [5.74, 6) is 0.600. The van der Waals surface area contributed by atoms with Gasteiger partial charge in [0.2, 0.25) is 5.91 Å². The summed E-state index contributed by atoms with van der Waals surface area (Å²) in [6, 6.07) is 1.53. The third kappa shape index (κ3) is 3.32. The van der Waals surface area contributed by atoms with E-state index in [1.807, 2.05) is 0 Å². The quantitative estimate of drug-likeness (QED) is 0.799. The van der Waals surface area contributed by atoms with Gasteiger partial charge in [-0.25, -0.2) is 13.1 Å².